The molecule has 3 heterocycles. The van der Waals surface area contributed by atoms with Gasteiger partial charge in [0.2, 0.25) is 5.95 Å². The molecule has 1 aliphatic carbocycles. The molecule has 0 saturated carbocycles. The minimum absolute atomic E-state index is 0.677. The average Bonchev–Trinajstić information content (AvgIpc) is 3.64. The van der Waals surface area contributed by atoms with Gasteiger partial charge >= 0.3 is 0 Å². The molecular formula is C40H27N3S. The van der Waals surface area contributed by atoms with Crippen molar-refractivity contribution in [1.29, 1.82) is 0 Å². The fourth-order valence-electron chi connectivity index (χ4n) is 6.61. The summed E-state index contributed by atoms with van der Waals surface area (Å²) in [6.07, 6.45) is 10.9. The van der Waals surface area contributed by atoms with Gasteiger partial charge in [0, 0.05) is 42.7 Å². The molecule has 44 heavy (non-hydrogen) atoms. The van der Waals surface area contributed by atoms with Crippen LogP contribution in [0.15, 0.2) is 140 Å². The Bertz CT molecular complexity index is 2440. The van der Waals surface area contributed by atoms with Gasteiger partial charge in [-0.2, -0.15) is 0 Å². The maximum Gasteiger partial charge on any atom is 0.235 e. The van der Waals surface area contributed by atoms with Crippen LogP contribution in [0.3, 0.4) is 0 Å². The van der Waals surface area contributed by atoms with E-state index in [-0.39, 0.29) is 0 Å². The van der Waals surface area contributed by atoms with Crippen molar-refractivity contribution in [3.63, 3.8) is 0 Å². The maximum absolute atomic E-state index is 5.28. The lowest BCUT2D eigenvalue weighted by Gasteiger charge is -2.11. The van der Waals surface area contributed by atoms with E-state index < -0.39 is 0 Å². The quantitative estimate of drug-likeness (QED) is 0.207. The minimum atomic E-state index is 0.677. The van der Waals surface area contributed by atoms with Gasteiger partial charge in [0.1, 0.15) is 0 Å². The maximum atomic E-state index is 5.28. The second-order valence-corrected chi connectivity index (χ2v) is 12.4. The molecule has 1 aliphatic rings. The molecule has 3 nitrogen and oxygen atoms in total. The molecule has 0 saturated heterocycles. The van der Waals surface area contributed by atoms with Gasteiger partial charge in [-0.15, -0.1) is 11.3 Å². The van der Waals surface area contributed by atoms with E-state index in [9.17, 15) is 0 Å². The summed E-state index contributed by atoms with van der Waals surface area (Å²) >= 11 is 1.83. The van der Waals surface area contributed by atoms with Crippen molar-refractivity contribution in [3.8, 4) is 28.3 Å². The first-order valence-electron chi connectivity index (χ1n) is 15.1. The Morgan fingerprint density at radius 3 is 2.23 bits per heavy atom. The topological polar surface area (TPSA) is 30.7 Å². The molecule has 208 valence electrons. The molecule has 0 spiro atoms. The van der Waals surface area contributed by atoms with Crippen molar-refractivity contribution in [3.05, 3.63) is 145 Å². The summed E-state index contributed by atoms with van der Waals surface area (Å²) in [5, 5.41) is 4.95. The first kappa shape index (κ1) is 25.2. The van der Waals surface area contributed by atoms with Crippen LogP contribution in [-0.2, 0) is 0 Å². The zero-order valence-electron chi connectivity index (χ0n) is 23.9. The molecule has 5 aromatic carbocycles. The number of benzene rings is 5. The highest BCUT2D eigenvalue weighted by molar-refractivity contribution is 7.26. The third-order valence-corrected chi connectivity index (χ3v) is 9.95. The van der Waals surface area contributed by atoms with Crippen LogP contribution in [0.4, 0.5) is 0 Å². The molecule has 4 heteroatoms. The Kier molecular flexibility index (Phi) is 5.81. The number of aromatic nitrogens is 3. The number of hydrogen-bond donors (Lipinski definition) is 0. The number of fused-ring (bicyclic) bond motifs is 6. The number of thiophene rings is 1. The van der Waals surface area contributed by atoms with Gasteiger partial charge in [-0.1, -0.05) is 109 Å². The normalized spacial score (nSPS) is 13.3. The van der Waals surface area contributed by atoms with E-state index in [0.29, 0.717) is 5.95 Å². The van der Waals surface area contributed by atoms with Crippen molar-refractivity contribution in [2.24, 2.45) is 0 Å². The number of allylic oxidation sites excluding steroid dienone is 4. The highest BCUT2D eigenvalue weighted by atomic mass is 32.1. The molecule has 0 aliphatic heterocycles. The largest absolute Gasteiger partial charge is 0.278 e. The van der Waals surface area contributed by atoms with Gasteiger partial charge in [-0.05, 0) is 59.4 Å². The van der Waals surface area contributed by atoms with Crippen LogP contribution < -0.4 is 0 Å². The van der Waals surface area contributed by atoms with Gasteiger partial charge in [0.15, 0.2) is 0 Å². The van der Waals surface area contributed by atoms with Gasteiger partial charge in [-0.3, -0.25) is 4.57 Å². The third-order valence-electron chi connectivity index (χ3n) is 8.73. The third kappa shape index (κ3) is 4.03. The Labute approximate surface area is 259 Å². The molecule has 3 aromatic heterocycles. The smallest absolute Gasteiger partial charge is 0.235 e. The van der Waals surface area contributed by atoms with E-state index in [2.05, 4.69) is 132 Å². The first-order chi connectivity index (χ1) is 21.8. The first-order valence-corrected chi connectivity index (χ1v) is 15.9. The Morgan fingerprint density at radius 1 is 0.614 bits per heavy atom. The number of nitrogens with zero attached hydrogens (tertiary/aromatic N) is 3. The molecule has 0 N–H and O–H groups in total. The van der Waals surface area contributed by atoms with Crippen molar-refractivity contribution in [2.75, 3.05) is 0 Å². The fraction of sp³-hybridized carbons (Fsp3) is 0.0500. The standard InChI is InChI=1S/C40H27N3S/c1-3-10-26(11-4-1)28-18-20-30-31-21-19-29(27-12-5-2-6-13-27)25-37(31)43(36(30)24-28)40-41-23-22-35(42-40)34-16-9-15-33-32-14-7-8-17-38(32)44-39(33)34/h1,3-5,7-25H,2,6H2. The van der Waals surface area contributed by atoms with Crippen molar-refractivity contribution >= 4 is 58.9 Å². The van der Waals surface area contributed by atoms with Crippen molar-refractivity contribution in [1.82, 2.24) is 14.5 Å². The summed E-state index contributed by atoms with van der Waals surface area (Å²) in [5.41, 5.74) is 9.12. The van der Waals surface area contributed by atoms with Gasteiger partial charge in [0.25, 0.3) is 0 Å². The Morgan fingerprint density at radius 2 is 1.39 bits per heavy atom. The highest BCUT2D eigenvalue weighted by Gasteiger charge is 2.18. The lowest BCUT2D eigenvalue weighted by molar-refractivity contribution is 0.992. The zero-order chi connectivity index (χ0) is 29.0. The molecule has 8 aromatic rings. The molecule has 0 bridgehead atoms. The summed E-state index contributed by atoms with van der Waals surface area (Å²) in [5.74, 6) is 0.677. The second-order valence-electron chi connectivity index (χ2n) is 11.3. The van der Waals surface area contributed by atoms with Crippen LogP contribution in [-0.4, -0.2) is 14.5 Å². The van der Waals surface area contributed by atoms with Crippen LogP contribution in [0.5, 0.6) is 0 Å². The SMILES string of the molecule is C1=CC(c2ccc3c4ccc(-c5ccccc5)cc4n(-c4nccc(-c5cccc6c5sc5ccccc56)n4)c3c2)=CCC1. The highest BCUT2D eigenvalue weighted by Crippen LogP contribution is 2.40. The van der Waals surface area contributed by atoms with Crippen LogP contribution >= 0.6 is 11.3 Å². The number of rotatable bonds is 4. The van der Waals surface area contributed by atoms with E-state index in [4.69, 9.17) is 9.97 Å². The summed E-state index contributed by atoms with van der Waals surface area (Å²) < 4.78 is 4.80. The Balaban J connectivity index is 1.30. The van der Waals surface area contributed by atoms with Crippen LogP contribution in [0.2, 0.25) is 0 Å². The van der Waals surface area contributed by atoms with Gasteiger partial charge in [0.05, 0.1) is 16.7 Å². The van der Waals surface area contributed by atoms with Crippen molar-refractivity contribution < 1.29 is 0 Å². The number of hydrogen-bond acceptors (Lipinski definition) is 3. The van der Waals surface area contributed by atoms with Crippen LogP contribution in [0.1, 0.15) is 18.4 Å². The van der Waals surface area contributed by atoms with Gasteiger partial charge in [-0.25, -0.2) is 9.97 Å². The zero-order valence-corrected chi connectivity index (χ0v) is 24.8. The summed E-state index contributed by atoms with van der Waals surface area (Å²) in [6.45, 7) is 0. The molecule has 0 radical (unpaired) electrons. The Hall–Kier alpha value is -5.32. The minimum Gasteiger partial charge on any atom is -0.278 e. The molecular weight excluding hydrogens is 555 g/mol. The second kappa shape index (κ2) is 10.1. The predicted octanol–water partition coefficient (Wildman–Crippen LogP) is 11.0. The fourth-order valence-corrected chi connectivity index (χ4v) is 7.83. The van der Waals surface area contributed by atoms with E-state index in [0.717, 1.165) is 35.1 Å². The predicted molar refractivity (Wildman–Crippen MR) is 186 cm³/mol. The van der Waals surface area contributed by atoms with E-state index in [1.165, 1.54) is 53.2 Å². The van der Waals surface area contributed by atoms with Crippen molar-refractivity contribution in [2.45, 2.75) is 12.8 Å². The summed E-state index contributed by atoms with van der Waals surface area (Å²) in [4.78, 5) is 10.2. The lowest BCUT2D eigenvalue weighted by atomic mass is 9.98. The molecule has 0 fully saturated rings. The molecule has 9 rings (SSSR count). The summed E-state index contributed by atoms with van der Waals surface area (Å²) in [7, 11) is 0. The van der Waals surface area contributed by atoms with Crippen LogP contribution in [0, 0.1) is 0 Å². The molecule has 0 atom stereocenters. The van der Waals surface area contributed by atoms with E-state index in [1.807, 2.05) is 23.6 Å². The monoisotopic (exact) mass is 581 g/mol. The summed E-state index contributed by atoms with van der Waals surface area (Å²) in [6, 6.07) is 41.4. The molecule has 0 unspecified atom stereocenters. The van der Waals surface area contributed by atoms with Crippen LogP contribution in [0.25, 0.3) is 75.9 Å². The van der Waals surface area contributed by atoms with Gasteiger partial charge < -0.3 is 0 Å². The van der Waals surface area contributed by atoms with E-state index in [1.54, 1.807) is 0 Å². The van der Waals surface area contributed by atoms with E-state index >= 15 is 0 Å². The molecule has 0 amide bonds. The lowest BCUT2D eigenvalue weighted by Crippen LogP contribution is -2.02. The average molecular weight is 582 g/mol.